The number of aliphatic hydroxyl groups excluding tert-OH is 1. The second kappa shape index (κ2) is 6.76. The summed E-state index contributed by atoms with van der Waals surface area (Å²) in [6.07, 6.45) is 0.673. The van der Waals surface area contributed by atoms with Crippen LogP contribution >= 0.6 is 0 Å². The summed E-state index contributed by atoms with van der Waals surface area (Å²) in [6.45, 7) is 3.24. The van der Waals surface area contributed by atoms with E-state index in [1.54, 1.807) is 24.3 Å². The summed E-state index contributed by atoms with van der Waals surface area (Å²) in [5.41, 5.74) is 1.14. The van der Waals surface area contributed by atoms with Gasteiger partial charge in [-0.3, -0.25) is 9.59 Å². The van der Waals surface area contributed by atoms with Gasteiger partial charge in [-0.25, -0.2) is 0 Å². The maximum Gasteiger partial charge on any atom is 0.251 e. The number of amides is 2. The Labute approximate surface area is 106 Å². The molecule has 18 heavy (non-hydrogen) atoms. The Morgan fingerprint density at radius 3 is 2.33 bits per heavy atom. The lowest BCUT2D eigenvalue weighted by atomic mass is 10.1. The van der Waals surface area contributed by atoms with Gasteiger partial charge in [0.25, 0.3) is 5.91 Å². The van der Waals surface area contributed by atoms with E-state index in [-0.39, 0.29) is 24.5 Å². The molecule has 0 aliphatic carbocycles. The molecule has 0 aromatic heterocycles. The summed E-state index contributed by atoms with van der Waals surface area (Å²) in [4.78, 5) is 22.6. The van der Waals surface area contributed by atoms with Gasteiger partial charge in [-0.1, -0.05) is 6.92 Å². The van der Waals surface area contributed by atoms with Crippen molar-refractivity contribution in [2.75, 3.05) is 11.9 Å². The van der Waals surface area contributed by atoms with Crippen molar-refractivity contribution in [2.45, 2.75) is 26.3 Å². The molecule has 2 amide bonds. The lowest BCUT2D eigenvalue weighted by Crippen LogP contribution is -2.36. The summed E-state index contributed by atoms with van der Waals surface area (Å²) in [5, 5.41) is 14.3. The van der Waals surface area contributed by atoms with E-state index in [0.717, 1.165) is 0 Å². The second-order valence-corrected chi connectivity index (χ2v) is 4.02. The van der Waals surface area contributed by atoms with Crippen molar-refractivity contribution in [3.05, 3.63) is 29.8 Å². The Balaban J connectivity index is 2.67. The quantitative estimate of drug-likeness (QED) is 0.733. The average molecular weight is 250 g/mol. The molecule has 3 N–H and O–H groups in total. The van der Waals surface area contributed by atoms with Gasteiger partial charge >= 0.3 is 0 Å². The Morgan fingerprint density at radius 2 is 1.89 bits per heavy atom. The maximum atomic E-state index is 11.8. The average Bonchev–Trinajstić information content (AvgIpc) is 2.35. The van der Waals surface area contributed by atoms with E-state index < -0.39 is 0 Å². The number of hydrogen-bond acceptors (Lipinski definition) is 3. The molecule has 1 aromatic rings. The first kappa shape index (κ1) is 14.2. The highest BCUT2D eigenvalue weighted by molar-refractivity contribution is 5.95. The van der Waals surface area contributed by atoms with Crippen molar-refractivity contribution in [1.29, 1.82) is 0 Å². The molecule has 5 nitrogen and oxygen atoms in total. The van der Waals surface area contributed by atoms with Crippen LogP contribution in [0.3, 0.4) is 0 Å². The number of rotatable bonds is 5. The van der Waals surface area contributed by atoms with Gasteiger partial charge in [0.15, 0.2) is 0 Å². The molecular weight excluding hydrogens is 232 g/mol. The van der Waals surface area contributed by atoms with E-state index in [4.69, 9.17) is 5.11 Å². The predicted molar refractivity (Wildman–Crippen MR) is 69.4 cm³/mol. The largest absolute Gasteiger partial charge is 0.394 e. The van der Waals surface area contributed by atoms with Crippen molar-refractivity contribution in [2.24, 2.45) is 0 Å². The minimum absolute atomic E-state index is 0.0772. The Bertz CT molecular complexity index is 411. The van der Waals surface area contributed by atoms with E-state index in [0.29, 0.717) is 17.7 Å². The Hall–Kier alpha value is -1.88. The molecule has 0 aliphatic heterocycles. The third-order valence-corrected chi connectivity index (χ3v) is 2.52. The monoisotopic (exact) mass is 250 g/mol. The van der Waals surface area contributed by atoms with Crippen molar-refractivity contribution in [3.63, 3.8) is 0 Å². The van der Waals surface area contributed by atoms with Crippen molar-refractivity contribution < 1.29 is 14.7 Å². The fourth-order valence-corrected chi connectivity index (χ4v) is 1.45. The Kier molecular flexibility index (Phi) is 5.32. The number of hydrogen-bond donors (Lipinski definition) is 3. The molecule has 0 saturated heterocycles. The summed E-state index contributed by atoms with van der Waals surface area (Å²) in [5.74, 6) is -0.385. The first-order valence-electron chi connectivity index (χ1n) is 5.86. The molecule has 1 atom stereocenters. The summed E-state index contributed by atoms with van der Waals surface area (Å²) in [7, 11) is 0. The van der Waals surface area contributed by atoms with Gasteiger partial charge in [-0.2, -0.15) is 0 Å². The highest BCUT2D eigenvalue weighted by Gasteiger charge is 2.10. The van der Waals surface area contributed by atoms with Gasteiger partial charge < -0.3 is 15.7 Å². The number of carbonyl (C=O) groups is 2. The van der Waals surface area contributed by atoms with Gasteiger partial charge in [0.2, 0.25) is 5.91 Å². The highest BCUT2D eigenvalue weighted by Crippen LogP contribution is 2.09. The van der Waals surface area contributed by atoms with Gasteiger partial charge in [0.1, 0.15) is 0 Å². The van der Waals surface area contributed by atoms with Crippen LogP contribution < -0.4 is 10.6 Å². The number of carbonyl (C=O) groups excluding carboxylic acids is 2. The van der Waals surface area contributed by atoms with Gasteiger partial charge in [-0.15, -0.1) is 0 Å². The zero-order valence-corrected chi connectivity index (χ0v) is 10.6. The molecule has 1 rings (SSSR count). The van der Waals surface area contributed by atoms with Crippen LogP contribution in [0.4, 0.5) is 5.69 Å². The van der Waals surface area contributed by atoms with E-state index >= 15 is 0 Å². The molecule has 0 spiro atoms. The van der Waals surface area contributed by atoms with Crippen LogP contribution in [-0.4, -0.2) is 29.6 Å². The maximum absolute atomic E-state index is 11.8. The standard InChI is InChI=1S/C13H18N2O3/c1-3-11(8-16)15-13(18)10-4-6-12(7-5-10)14-9(2)17/h4-7,11,16H,3,8H2,1-2H3,(H,14,17)(H,15,18). The molecular formula is C13H18N2O3. The molecule has 0 bridgehead atoms. The van der Waals surface area contributed by atoms with E-state index in [2.05, 4.69) is 10.6 Å². The zero-order chi connectivity index (χ0) is 13.5. The normalized spacial score (nSPS) is 11.7. The van der Waals surface area contributed by atoms with Crippen molar-refractivity contribution in [3.8, 4) is 0 Å². The SMILES string of the molecule is CCC(CO)NC(=O)c1ccc(NC(C)=O)cc1. The molecule has 1 aromatic carbocycles. The lowest BCUT2D eigenvalue weighted by Gasteiger charge is -2.14. The first-order chi connectivity index (χ1) is 8.56. The van der Waals surface area contributed by atoms with Gasteiger partial charge in [-0.05, 0) is 30.7 Å². The minimum Gasteiger partial charge on any atom is -0.394 e. The second-order valence-electron chi connectivity index (χ2n) is 4.02. The van der Waals surface area contributed by atoms with Gasteiger partial charge in [0, 0.05) is 18.2 Å². The van der Waals surface area contributed by atoms with Crippen LogP contribution in [0.1, 0.15) is 30.6 Å². The Morgan fingerprint density at radius 1 is 1.28 bits per heavy atom. The first-order valence-corrected chi connectivity index (χ1v) is 5.86. The summed E-state index contributed by atoms with van der Waals surface area (Å²) < 4.78 is 0. The van der Waals surface area contributed by atoms with Crippen LogP contribution in [-0.2, 0) is 4.79 Å². The fourth-order valence-electron chi connectivity index (χ4n) is 1.45. The molecule has 0 heterocycles. The molecule has 0 fully saturated rings. The third kappa shape index (κ3) is 4.18. The number of benzene rings is 1. The zero-order valence-electron chi connectivity index (χ0n) is 10.6. The van der Waals surface area contributed by atoms with E-state index in [1.807, 2.05) is 6.92 Å². The van der Waals surface area contributed by atoms with Crippen molar-refractivity contribution in [1.82, 2.24) is 5.32 Å². The lowest BCUT2D eigenvalue weighted by molar-refractivity contribution is -0.114. The van der Waals surface area contributed by atoms with Crippen LogP contribution in [0.25, 0.3) is 0 Å². The van der Waals surface area contributed by atoms with Crippen LogP contribution in [0.2, 0.25) is 0 Å². The predicted octanol–water partition coefficient (Wildman–Crippen LogP) is 1.15. The van der Waals surface area contributed by atoms with Crippen LogP contribution in [0, 0.1) is 0 Å². The van der Waals surface area contributed by atoms with Gasteiger partial charge in [0.05, 0.1) is 12.6 Å². The summed E-state index contributed by atoms with van der Waals surface area (Å²) >= 11 is 0. The minimum atomic E-state index is -0.231. The number of anilines is 1. The number of nitrogens with one attached hydrogen (secondary N) is 2. The fraction of sp³-hybridized carbons (Fsp3) is 0.385. The molecule has 0 saturated carbocycles. The molecule has 98 valence electrons. The van der Waals surface area contributed by atoms with E-state index in [1.165, 1.54) is 6.92 Å². The van der Waals surface area contributed by atoms with E-state index in [9.17, 15) is 9.59 Å². The molecule has 5 heteroatoms. The third-order valence-electron chi connectivity index (χ3n) is 2.52. The van der Waals surface area contributed by atoms with Crippen LogP contribution in [0.15, 0.2) is 24.3 Å². The topological polar surface area (TPSA) is 78.4 Å². The molecule has 0 radical (unpaired) electrons. The molecule has 0 aliphatic rings. The number of aliphatic hydroxyl groups is 1. The molecule has 1 unspecified atom stereocenters. The summed E-state index contributed by atoms with van der Waals surface area (Å²) in [6, 6.07) is 6.36. The van der Waals surface area contributed by atoms with Crippen molar-refractivity contribution >= 4 is 17.5 Å². The highest BCUT2D eigenvalue weighted by atomic mass is 16.3. The van der Waals surface area contributed by atoms with Crippen LogP contribution in [0.5, 0.6) is 0 Å². The smallest absolute Gasteiger partial charge is 0.251 e.